The number of piperidine rings is 1. The first-order valence-corrected chi connectivity index (χ1v) is 12.5. The van der Waals surface area contributed by atoms with Crippen LogP contribution in [0.5, 0.6) is 0 Å². The van der Waals surface area contributed by atoms with Crippen LogP contribution in [0.4, 0.5) is 4.79 Å². The molecule has 190 valence electrons. The molecule has 3 N–H and O–H groups in total. The molecule has 10 heteroatoms. The van der Waals surface area contributed by atoms with E-state index in [1.54, 1.807) is 0 Å². The zero-order valence-corrected chi connectivity index (χ0v) is 20.8. The average molecular weight is 477 g/mol. The van der Waals surface area contributed by atoms with Gasteiger partial charge in [0.25, 0.3) is 0 Å². The van der Waals surface area contributed by atoms with Crippen LogP contribution in [0.1, 0.15) is 65.7 Å². The molecule has 1 saturated carbocycles. The van der Waals surface area contributed by atoms with Crippen molar-refractivity contribution in [3.63, 3.8) is 0 Å². The first-order chi connectivity index (χ1) is 16.2. The number of aliphatic imine (C=N–C) groups is 1. The Labute approximate surface area is 202 Å². The molecule has 34 heavy (non-hydrogen) atoms. The highest BCUT2D eigenvalue weighted by molar-refractivity contribution is 5.96. The number of nitriles is 1. The minimum atomic E-state index is -0.830. The summed E-state index contributed by atoms with van der Waals surface area (Å²) in [5.74, 6) is 0.0433. The Kier molecular flexibility index (Phi) is 9.14. The zero-order valence-electron chi connectivity index (χ0n) is 20.8. The summed E-state index contributed by atoms with van der Waals surface area (Å²) in [6, 6.07) is 1.57. The smallest absolute Gasteiger partial charge is 0.414 e. The molecule has 10 nitrogen and oxygen atoms in total. The van der Waals surface area contributed by atoms with Gasteiger partial charge in [-0.05, 0) is 63.5 Å². The topological polar surface area (TPSA) is 128 Å². The van der Waals surface area contributed by atoms with Gasteiger partial charge in [0.1, 0.15) is 17.7 Å². The fourth-order valence-corrected chi connectivity index (χ4v) is 4.64. The molecule has 0 spiro atoms. The van der Waals surface area contributed by atoms with Gasteiger partial charge in [-0.2, -0.15) is 5.26 Å². The number of ether oxygens (including phenoxy) is 2. The normalized spacial score (nSPS) is 22.5. The molecule has 1 atom stereocenters. The van der Waals surface area contributed by atoms with Crippen LogP contribution < -0.4 is 16.0 Å². The van der Waals surface area contributed by atoms with E-state index in [1.165, 1.54) is 0 Å². The van der Waals surface area contributed by atoms with Crippen molar-refractivity contribution in [3.05, 3.63) is 0 Å². The molecular formula is C24H40N6O4. The van der Waals surface area contributed by atoms with Gasteiger partial charge in [0, 0.05) is 13.1 Å². The highest BCUT2D eigenvalue weighted by Crippen LogP contribution is 2.30. The second-order valence-electron chi connectivity index (χ2n) is 10.7. The van der Waals surface area contributed by atoms with Crippen molar-refractivity contribution in [1.29, 1.82) is 5.26 Å². The van der Waals surface area contributed by atoms with E-state index in [9.17, 15) is 14.9 Å². The fraction of sp³-hybridized carbons (Fsp3) is 0.833. The Morgan fingerprint density at radius 3 is 2.47 bits per heavy atom. The van der Waals surface area contributed by atoms with Gasteiger partial charge in [-0.15, -0.1) is 0 Å². The second-order valence-corrected chi connectivity index (χ2v) is 10.7. The van der Waals surface area contributed by atoms with Crippen molar-refractivity contribution in [2.45, 2.75) is 83.4 Å². The Hall–Kier alpha value is -2.38. The van der Waals surface area contributed by atoms with E-state index in [1.807, 2.05) is 25.7 Å². The van der Waals surface area contributed by atoms with E-state index in [4.69, 9.17) is 14.5 Å². The van der Waals surface area contributed by atoms with Crippen molar-refractivity contribution in [2.75, 3.05) is 39.4 Å². The molecular weight excluding hydrogens is 436 g/mol. The minimum absolute atomic E-state index is 0.140. The lowest BCUT2D eigenvalue weighted by Gasteiger charge is -2.32. The molecule has 3 aliphatic rings. The summed E-state index contributed by atoms with van der Waals surface area (Å²) < 4.78 is 11.1. The molecule has 2 heterocycles. The minimum Gasteiger partial charge on any atom is -0.446 e. The molecule has 0 aromatic heterocycles. The van der Waals surface area contributed by atoms with Crippen LogP contribution in [-0.2, 0) is 14.3 Å². The van der Waals surface area contributed by atoms with E-state index in [2.05, 4.69) is 22.0 Å². The largest absolute Gasteiger partial charge is 0.446 e. The molecule has 0 aromatic carbocycles. The number of amides is 2. The predicted octanol–water partition coefficient (Wildman–Crippen LogP) is 1.91. The quantitative estimate of drug-likeness (QED) is 0.408. The van der Waals surface area contributed by atoms with E-state index in [0.717, 1.165) is 38.8 Å². The first-order valence-electron chi connectivity index (χ1n) is 12.5. The summed E-state index contributed by atoms with van der Waals surface area (Å²) in [6.45, 7) is 9.91. The van der Waals surface area contributed by atoms with E-state index < -0.39 is 17.7 Å². The highest BCUT2D eigenvalue weighted by Gasteiger charge is 2.38. The van der Waals surface area contributed by atoms with Crippen molar-refractivity contribution >= 4 is 18.0 Å². The van der Waals surface area contributed by atoms with Crippen LogP contribution in [-0.4, -0.2) is 79.9 Å². The number of nitrogens with one attached hydrogen (secondary N) is 3. The second kappa shape index (κ2) is 11.8. The Bertz CT molecular complexity index is 769. The lowest BCUT2D eigenvalue weighted by molar-refractivity contribution is -0.124. The lowest BCUT2D eigenvalue weighted by atomic mass is 9.87. The SMILES string of the molecule is CC(C)(C)CC(N=C(NC(=O)OC1CCNCC1)N1CCOCC1)C(=O)NC1(C#N)CCCC1. The van der Waals surface area contributed by atoms with Crippen LogP contribution in [0.3, 0.4) is 0 Å². The number of guanidine groups is 1. The molecule has 0 bridgehead atoms. The Morgan fingerprint density at radius 1 is 1.24 bits per heavy atom. The molecule has 0 radical (unpaired) electrons. The lowest BCUT2D eigenvalue weighted by Crippen LogP contribution is -2.53. The molecule has 2 aliphatic heterocycles. The maximum Gasteiger partial charge on any atom is 0.414 e. The van der Waals surface area contributed by atoms with Crippen LogP contribution in [0.15, 0.2) is 4.99 Å². The molecule has 0 aromatic rings. The summed E-state index contributed by atoms with van der Waals surface area (Å²) in [7, 11) is 0. The molecule has 1 unspecified atom stereocenters. The number of morpholine rings is 1. The van der Waals surface area contributed by atoms with Gasteiger partial charge in [-0.3, -0.25) is 10.1 Å². The third-order valence-electron chi connectivity index (χ3n) is 6.50. The molecule has 3 fully saturated rings. The predicted molar refractivity (Wildman–Crippen MR) is 128 cm³/mol. The third-order valence-corrected chi connectivity index (χ3v) is 6.50. The zero-order chi connectivity index (χ0) is 24.6. The summed E-state index contributed by atoms with van der Waals surface area (Å²) in [4.78, 5) is 32.8. The van der Waals surface area contributed by atoms with E-state index in [0.29, 0.717) is 51.5 Å². The third kappa shape index (κ3) is 7.84. The molecule has 1 aliphatic carbocycles. The standard InChI is InChI=1S/C24H40N6O4/c1-23(2,3)16-19(20(31)29-24(17-25)8-4-5-9-24)27-21(30-12-14-33-15-13-30)28-22(32)34-18-6-10-26-11-7-18/h18-19,26H,4-16H2,1-3H3,(H,29,31)(H,27,28,32). The summed E-state index contributed by atoms with van der Waals surface area (Å²) in [5, 5.41) is 18.8. The number of alkyl carbamates (subject to hydrolysis) is 1. The Balaban J connectivity index is 1.80. The van der Waals surface area contributed by atoms with Gasteiger partial charge in [-0.1, -0.05) is 20.8 Å². The number of carbonyl (C=O) groups excluding carboxylic acids is 2. The van der Waals surface area contributed by atoms with Crippen LogP contribution >= 0.6 is 0 Å². The summed E-state index contributed by atoms with van der Waals surface area (Å²) in [5.41, 5.74) is -1.02. The first kappa shape index (κ1) is 26.2. The van der Waals surface area contributed by atoms with E-state index >= 15 is 0 Å². The van der Waals surface area contributed by atoms with Crippen molar-refractivity contribution in [2.24, 2.45) is 10.4 Å². The van der Waals surface area contributed by atoms with Gasteiger partial charge in [0.2, 0.25) is 11.9 Å². The van der Waals surface area contributed by atoms with Gasteiger partial charge in [0.05, 0.1) is 19.3 Å². The molecule has 2 amide bonds. The van der Waals surface area contributed by atoms with Gasteiger partial charge in [-0.25, -0.2) is 9.79 Å². The Morgan fingerprint density at radius 2 is 1.88 bits per heavy atom. The summed E-state index contributed by atoms with van der Waals surface area (Å²) in [6.07, 6.45) is 4.45. The average Bonchev–Trinajstić information content (AvgIpc) is 3.27. The summed E-state index contributed by atoms with van der Waals surface area (Å²) >= 11 is 0. The maximum atomic E-state index is 13.4. The van der Waals surface area contributed by atoms with Crippen LogP contribution in [0.2, 0.25) is 0 Å². The van der Waals surface area contributed by atoms with Gasteiger partial charge in [0.15, 0.2) is 0 Å². The number of rotatable bonds is 5. The van der Waals surface area contributed by atoms with Crippen molar-refractivity contribution < 1.29 is 19.1 Å². The van der Waals surface area contributed by atoms with Crippen LogP contribution in [0.25, 0.3) is 0 Å². The number of carbonyl (C=O) groups is 2. The van der Waals surface area contributed by atoms with Gasteiger partial charge >= 0.3 is 6.09 Å². The number of nitrogens with zero attached hydrogens (tertiary/aromatic N) is 3. The van der Waals surface area contributed by atoms with Crippen molar-refractivity contribution in [1.82, 2.24) is 20.9 Å². The molecule has 3 rings (SSSR count). The number of hydrogen-bond acceptors (Lipinski definition) is 7. The van der Waals surface area contributed by atoms with Crippen molar-refractivity contribution in [3.8, 4) is 6.07 Å². The molecule has 2 saturated heterocycles. The highest BCUT2D eigenvalue weighted by atomic mass is 16.6. The van der Waals surface area contributed by atoms with Gasteiger partial charge < -0.3 is 25.0 Å². The van der Waals surface area contributed by atoms with E-state index in [-0.39, 0.29) is 17.4 Å². The van der Waals surface area contributed by atoms with Crippen LogP contribution in [0, 0.1) is 16.7 Å². The number of hydrogen-bond donors (Lipinski definition) is 3. The fourth-order valence-electron chi connectivity index (χ4n) is 4.64. The monoisotopic (exact) mass is 476 g/mol. The maximum absolute atomic E-state index is 13.4.